The van der Waals surface area contributed by atoms with Crippen LogP contribution in [-0.2, 0) is 19.0 Å². The Labute approximate surface area is 199 Å². The van der Waals surface area contributed by atoms with Crippen LogP contribution < -0.4 is 0 Å². The SMILES string of the molecule is CCCc1c([C@@H](O)c2ccc(C(F)(F)F)cc2)c(C2CCCC2)nc2c1[C@@H](O)CC1(CCC1)C2. The molecule has 6 heteroatoms. The lowest BCUT2D eigenvalue weighted by molar-refractivity contribution is -0.137. The summed E-state index contributed by atoms with van der Waals surface area (Å²) >= 11 is 0. The first-order chi connectivity index (χ1) is 16.2. The van der Waals surface area contributed by atoms with Crippen molar-refractivity contribution in [1.29, 1.82) is 0 Å². The van der Waals surface area contributed by atoms with E-state index in [4.69, 9.17) is 4.98 Å². The molecule has 2 saturated carbocycles. The van der Waals surface area contributed by atoms with Crippen LogP contribution in [0.4, 0.5) is 13.2 Å². The molecule has 2 aromatic rings. The summed E-state index contributed by atoms with van der Waals surface area (Å²) in [5, 5.41) is 22.9. The molecule has 3 aliphatic rings. The van der Waals surface area contributed by atoms with Gasteiger partial charge in [0.15, 0.2) is 0 Å². The van der Waals surface area contributed by atoms with Gasteiger partial charge in [-0.25, -0.2) is 0 Å². The minimum Gasteiger partial charge on any atom is -0.388 e. The maximum atomic E-state index is 13.1. The summed E-state index contributed by atoms with van der Waals surface area (Å²) in [5.74, 6) is 0.247. The quantitative estimate of drug-likeness (QED) is 0.494. The lowest BCUT2D eigenvalue weighted by atomic mass is 9.59. The van der Waals surface area contributed by atoms with E-state index in [1.54, 1.807) is 0 Å². The Balaban J connectivity index is 1.65. The van der Waals surface area contributed by atoms with Crippen LogP contribution in [-0.4, -0.2) is 15.2 Å². The highest BCUT2D eigenvalue weighted by molar-refractivity contribution is 5.49. The fraction of sp³-hybridized carbons (Fsp3) is 0.607. The van der Waals surface area contributed by atoms with Crippen molar-refractivity contribution in [3.63, 3.8) is 0 Å². The van der Waals surface area contributed by atoms with E-state index in [0.29, 0.717) is 12.0 Å². The second-order valence-corrected chi connectivity index (χ2v) is 10.8. The molecule has 1 heterocycles. The fourth-order valence-electron chi connectivity index (χ4n) is 6.62. The monoisotopic (exact) mass is 473 g/mol. The summed E-state index contributed by atoms with van der Waals surface area (Å²) in [5.41, 5.74) is 4.36. The average Bonchev–Trinajstić information content (AvgIpc) is 3.31. The van der Waals surface area contributed by atoms with Gasteiger partial charge >= 0.3 is 6.18 Å². The van der Waals surface area contributed by atoms with Crippen molar-refractivity contribution in [2.75, 3.05) is 0 Å². The van der Waals surface area contributed by atoms with Crippen molar-refractivity contribution >= 4 is 0 Å². The summed E-state index contributed by atoms with van der Waals surface area (Å²) in [4.78, 5) is 5.17. The van der Waals surface area contributed by atoms with Crippen LogP contribution in [0.25, 0.3) is 0 Å². The highest BCUT2D eigenvalue weighted by atomic mass is 19.4. The molecule has 0 saturated heterocycles. The van der Waals surface area contributed by atoms with Gasteiger partial charge in [0.1, 0.15) is 6.10 Å². The molecule has 184 valence electrons. The van der Waals surface area contributed by atoms with E-state index in [-0.39, 0.29) is 11.3 Å². The minimum absolute atomic E-state index is 0.156. The van der Waals surface area contributed by atoms with Crippen molar-refractivity contribution in [1.82, 2.24) is 4.98 Å². The molecule has 0 unspecified atom stereocenters. The number of aromatic nitrogens is 1. The molecule has 1 aromatic heterocycles. The van der Waals surface area contributed by atoms with Gasteiger partial charge in [-0.05, 0) is 73.6 Å². The fourth-order valence-corrected chi connectivity index (χ4v) is 6.62. The van der Waals surface area contributed by atoms with E-state index in [0.717, 1.165) is 98.0 Å². The van der Waals surface area contributed by atoms with Crippen LogP contribution in [0.1, 0.15) is 122 Å². The summed E-state index contributed by atoms with van der Waals surface area (Å²) in [6.45, 7) is 2.08. The molecule has 3 nitrogen and oxygen atoms in total. The van der Waals surface area contributed by atoms with E-state index in [1.165, 1.54) is 18.6 Å². The van der Waals surface area contributed by atoms with Gasteiger partial charge in [0, 0.05) is 22.7 Å². The number of alkyl halides is 3. The first-order valence-corrected chi connectivity index (χ1v) is 12.8. The standard InChI is InChI=1S/C28H34F3NO2/c1-2-6-20-23-21(15-27(13-5-14-27)16-22(23)33)32-25(17-7-3-4-8-17)24(20)26(34)18-9-11-19(12-10-18)28(29,30)31/h9-12,17,22,26,33-34H,2-8,13-16H2,1H3/t22-,26-/m0/s1. The second kappa shape index (κ2) is 8.94. The molecule has 2 N–H and O–H groups in total. The number of hydrogen-bond acceptors (Lipinski definition) is 3. The van der Waals surface area contributed by atoms with Crippen molar-refractivity contribution in [2.45, 2.75) is 102 Å². The normalized spacial score (nSPS) is 23.1. The van der Waals surface area contributed by atoms with Gasteiger partial charge in [-0.2, -0.15) is 13.2 Å². The lowest BCUT2D eigenvalue weighted by Gasteiger charge is -2.47. The van der Waals surface area contributed by atoms with Crippen molar-refractivity contribution in [2.24, 2.45) is 5.41 Å². The molecular formula is C28H34F3NO2. The lowest BCUT2D eigenvalue weighted by Crippen LogP contribution is -2.38. The molecule has 0 amide bonds. The van der Waals surface area contributed by atoms with Crippen LogP contribution >= 0.6 is 0 Å². The number of aliphatic hydroxyl groups is 2. The maximum Gasteiger partial charge on any atom is 0.416 e. The molecule has 1 spiro atoms. The number of benzene rings is 1. The zero-order chi connectivity index (χ0) is 24.1. The molecule has 1 aromatic carbocycles. The number of nitrogens with zero attached hydrogens (tertiary/aromatic N) is 1. The van der Waals surface area contributed by atoms with Crippen LogP contribution in [0.5, 0.6) is 0 Å². The molecule has 0 radical (unpaired) electrons. The van der Waals surface area contributed by atoms with E-state index in [9.17, 15) is 23.4 Å². The predicted octanol–water partition coefficient (Wildman–Crippen LogP) is 6.94. The van der Waals surface area contributed by atoms with Crippen LogP contribution in [0.3, 0.4) is 0 Å². The van der Waals surface area contributed by atoms with Crippen molar-refractivity contribution in [3.8, 4) is 0 Å². The van der Waals surface area contributed by atoms with E-state index >= 15 is 0 Å². The Hall–Kier alpha value is -1.92. The van der Waals surface area contributed by atoms with Gasteiger partial charge in [-0.1, -0.05) is 44.7 Å². The van der Waals surface area contributed by atoms with Crippen LogP contribution in [0.2, 0.25) is 0 Å². The van der Waals surface area contributed by atoms with E-state index in [1.807, 2.05) is 0 Å². The van der Waals surface area contributed by atoms with Gasteiger partial charge in [-0.3, -0.25) is 4.98 Å². The Kier molecular flexibility index (Phi) is 6.26. The van der Waals surface area contributed by atoms with E-state index < -0.39 is 23.9 Å². The minimum atomic E-state index is -4.42. The average molecular weight is 474 g/mol. The van der Waals surface area contributed by atoms with Gasteiger partial charge < -0.3 is 10.2 Å². The summed E-state index contributed by atoms with van der Waals surface area (Å²) in [6.07, 6.45) is 4.81. The first-order valence-electron chi connectivity index (χ1n) is 12.8. The Morgan fingerprint density at radius 2 is 1.76 bits per heavy atom. The van der Waals surface area contributed by atoms with Gasteiger partial charge in [-0.15, -0.1) is 0 Å². The number of hydrogen-bond donors (Lipinski definition) is 2. The van der Waals surface area contributed by atoms with Gasteiger partial charge in [0.05, 0.1) is 17.4 Å². The van der Waals surface area contributed by atoms with Crippen LogP contribution in [0.15, 0.2) is 24.3 Å². The van der Waals surface area contributed by atoms with E-state index in [2.05, 4.69) is 6.92 Å². The zero-order valence-electron chi connectivity index (χ0n) is 19.8. The molecule has 5 rings (SSSR count). The smallest absolute Gasteiger partial charge is 0.388 e. The van der Waals surface area contributed by atoms with Gasteiger partial charge in [0.25, 0.3) is 0 Å². The number of rotatable bonds is 5. The number of fused-ring (bicyclic) bond motifs is 1. The van der Waals surface area contributed by atoms with Crippen LogP contribution in [0, 0.1) is 5.41 Å². The number of halogens is 3. The summed E-state index contributed by atoms with van der Waals surface area (Å²) in [7, 11) is 0. The zero-order valence-corrected chi connectivity index (χ0v) is 19.8. The Morgan fingerprint density at radius 3 is 2.32 bits per heavy atom. The number of aliphatic hydroxyl groups excluding tert-OH is 2. The largest absolute Gasteiger partial charge is 0.416 e. The molecule has 3 aliphatic carbocycles. The molecule has 34 heavy (non-hydrogen) atoms. The topological polar surface area (TPSA) is 53.4 Å². The third kappa shape index (κ3) is 4.17. The highest BCUT2D eigenvalue weighted by Gasteiger charge is 2.45. The summed E-state index contributed by atoms with van der Waals surface area (Å²) in [6, 6.07) is 4.82. The van der Waals surface area contributed by atoms with Crippen molar-refractivity contribution in [3.05, 3.63) is 63.5 Å². The Bertz CT molecular complexity index is 1040. The van der Waals surface area contributed by atoms with Gasteiger partial charge in [0.2, 0.25) is 0 Å². The molecule has 0 aliphatic heterocycles. The second-order valence-electron chi connectivity index (χ2n) is 10.8. The highest BCUT2D eigenvalue weighted by Crippen LogP contribution is 2.55. The third-order valence-corrected chi connectivity index (χ3v) is 8.48. The predicted molar refractivity (Wildman–Crippen MR) is 125 cm³/mol. The molecule has 0 bridgehead atoms. The van der Waals surface area contributed by atoms with Crippen molar-refractivity contribution < 1.29 is 23.4 Å². The first kappa shape index (κ1) is 23.8. The number of pyridine rings is 1. The maximum absolute atomic E-state index is 13.1. The molecule has 2 atom stereocenters. The summed E-state index contributed by atoms with van der Waals surface area (Å²) < 4.78 is 39.3. The molecule has 2 fully saturated rings. The molecular weight excluding hydrogens is 439 g/mol. The Morgan fingerprint density at radius 1 is 1.09 bits per heavy atom. The third-order valence-electron chi connectivity index (χ3n) is 8.48.